The maximum atomic E-state index is 5.82. The molecule has 1 unspecified atom stereocenters. The van der Waals surface area contributed by atoms with E-state index in [1.807, 2.05) is 11.7 Å². The minimum Gasteiger partial charge on any atom is -0.372 e. The summed E-state index contributed by atoms with van der Waals surface area (Å²) in [7, 11) is 0. The molecule has 1 aromatic heterocycles. The Balaban J connectivity index is 2.12. The molecule has 0 saturated heterocycles. The van der Waals surface area contributed by atoms with E-state index < -0.39 is 0 Å². The molecular formula is C14H16N2OS. The number of ether oxygens (including phenoxy) is 1. The predicted octanol–water partition coefficient (Wildman–Crippen LogP) is 2.77. The number of nitrogens with two attached hydrogens (primary N) is 1. The molecule has 0 amide bonds. The van der Waals surface area contributed by atoms with E-state index in [1.165, 1.54) is 21.6 Å². The molecule has 0 radical (unpaired) electrons. The molecule has 0 saturated carbocycles. The van der Waals surface area contributed by atoms with Crippen LogP contribution in [0.15, 0.2) is 29.9 Å². The van der Waals surface area contributed by atoms with Crippen molar-refractivity contribution in [3.8, 4) is 10.4 Å². The molecule has 0 fully saturated rings. The van der Waals surface area contributed by atoms with Gasteiger partial charge in [0.15, 0.2) is 0 Å². The second kappa shape index (κ2) is 5.18. The zero-order valence-corrected chi connectivity index (χ0v) is 11.0. The van der Waals surface area contributed by atoms with Crippen molar-refractivity contribution in [3.63, 3.8) is 0 Å². The first-order chi connectivity index (χ1) is 8.90. The highest BCUT2D eigenvalue weighted by Gasteiger charge is 2.20. The minimum absolute atomic E-state index is 0.0374. The van der Waals surface area contributed by atoms with Gasteiger partial charge in [-0.3, -0.25) is 4.98 Å². The van der Waals surface area contributed by atoms with Crippen LogP contribution in [0.25, 0.3) is 10.4 Å². The van der Waals surface area contributed by atoms with Gasteiger partial charge >= 0.3 is 0 Å². The van der Waals surface area contributed by atoms with Gasteiger partial charge in [-0.25, -0.2) is 0 Å². The molecule has 2 heterocycles. The number of hydrogen-bond acceptors (Lipinski definition) is 4. The van der Waals surface area contributed by atoms with Gasteiger partial charge in [0.2, 0.25) is 0 Å². The lowest BCUT2D eigenvalue weighted by Crippen LogP contribution is -2.16. The van der Waals surface area contributed by atoms with Crippen molar-refractivity contribution in [1.82, 2.24) is 4.98 Å². The summed E-state index contributed by atoms with van der Waals surface area (Å²) in [6.45, 7) is 1.33. The van der Waals surface area contributed by atoms with Gasteiger partial charge in [-0.1, -0.05) is 18.2 Å². The van der Waals surface area contributed by atoms with Crippen LogP contribution in [-0.2, 0) is 11.2 Å². The quantitative estimate of drug-likeness (QED) is 0.903. The van der Waals surface area contributed by atoms with E-state index in [1.54, 1.807) is 11.3 Å². The van der Waals surface area contributed by atoms with Crippen molar-refractivity contribution in [2.45, 2.75) is 18.9 Å². The second-order valence-electron chi connectivity index (χ2n) is 4.44. The van der Waals surface area contributed by atoms with Crippen LogP contribution in [0.5, 0.6) is 0 Å². The molecule has 0 spiro atoms. The van der Waals surface area contributed by atoms with Crippen LogP contribution in [0.1, 0.15) is 23.7 Å². The maximum absolute atomic E-state index is 5.82. The van der Waals surface area contributed by atoms with Gasteiger partial charge in [0.05, 0.1) is 16.5 Å². The number of rotatable bonds is 2. The fraction of sp³-hybridized carbons (Fsp3) is 0.357. The summed E-state index contributed by atoms with van der Waals surface area (Å²) in [5.74, 6) is 0. The molecule has 18 heavy (non-hydrogen) atoms. The van der Waals surface area contributed by atoms with E-state index in [0.29, 0.717) is 6.54 Å². The average molecular weight is 260 g/mol. The molecular weight excluding hydrogens is 244 g/mol. The van der Waals surface area contributed by atoms with Gasteiger partial charge in [-0.15, -0.1) is 11.3 Å². The second-order valence-corrected chi connectivity index (χ2v) is 5.32. The van der Waals surface area contributed by atoms with Crippen LogP contribution in [0.4, 0.5) is 0 Å². The summed E-state index contributed by atoms with van der Waals surface area (Å²) in [5, 5.41) is 0. The molecule has 1 atom stereocenters. The molecule has 1 aliphatic heterocycles. The third-order valence-corrected chi connectivity index (χ3v) is 4.17. The number of thiazole rings is 1. The Labute approximate surface area is 111 Å². The maximum Gasteiger partial charge on any atom is 0.0949 e. The van der Waals surface area contributed by atoms with Crippen molar-refractivity contribution in [2.24, 2.45) is 5.73 Å². The smallest absolute Gasteiger partial charge is 0.0949 e. The monoisotopic (exact) mass is 260 g/mol. The Bertz CT molecular complexity index is 525. The summed E-state index contributed by atoms with van der Waals surface area (Å²) in [4.78, 5) is 5.40. The number of aromatic nitrogens is 1. The first-order valence-electron chi connectivity index (χ1n) is 6.22. The van der Waals surface area contributed by atoms with E-state index in [2.05, 4.69) is 23.2 Å². The third kappa shape index (κ3) is 2.07. The number of fused-ring (bicyclic) bond motifs is 1. The number of nitrogens with zero attached hydrogens (tertiary/aromatic N) is 1. The van der Waals surface area contributed by atoms with Gasteiger partial charge < -0.3 is 10.5 Å². The van der Waals surface area contributed by atoms with Gasteiger partial charge in [0, 0.05) is 19.3 Å². The van der Waals surface area contributed by atoms with E-state index >= 15 is 0 Å². The van der Waals surface area contributed by atoms with Crippen molar-refractivity contribution in [1.29, 1.82) is 0 Å². The molecule has 94 valence electrons. The van der Waals surface area contributed by atoms with Gasteiger partial charge in [0.1, 0.15) is 0 Å². The van der Waals surface area contributed by atoms with Crippen LogP contribution >= 0.6 is 11.3 Å². The molecule has 0 bridgehead atoms. The lowest BCUT2D eigenvalue weighted by atomic mass is 9.94. The highest BCUT2D eigenvalue weighted by atomic mass is 32.1. The Morgan fingerprint density at radius 3 is 3.17 bits per heavy atom. The van der Waals surface area contributed by atoms with Crippen molar-refractivity contribution in [3.05, 3.63) is 41.0 Å². The Morgan fingerprint density at radius 2 is 2.39 bits per heavy atom. The van der Waals surface area contributed by atoms with Crippen LogP contribution < -0.4 is 5.73 Å². The zero-order valence-electron chi connectivity index (χ0n) is 10.1. The summed E-state index contributed by atoms with van der Waals surface area (Å²) in [6.07, 6.45) is 4.08. The number of hydrogen-bond donors (Lipinski definition) is 1. The summed E-state index contributed by atoms with van der Waals surface area (Å²) >= 11 is 1.68. The van der Waals surface area contributed by atoms with Crippen molar-refractivity contribution < 1.29 is 4.74 Å². The standard InChI is InChI=1S/C14H16N2OS/c15-7-13-11-3-1-4-12(14-8-16-9-18-14)10(11)5-2-6-17-13/h1,3-4,8-9,13H,2,5-7,15H2. The highest BCUT2D eigenvalue weighted by molar-refractivity contribution is 7.13. The number of benzene rings is 1. The Morgan fingerprint density at radius 1 is 1.44 bits per heavy atom. The first kappa shape index (κ1) is 11.8. The Kier molecular flexibility index (Phi) is 3.41. The summed E-state index contributed by atoms with van der Waals surface area (Å²) in [6, 6.07) is 6.40. The highest BCUT2D eigenvalue weighted by Crippen LogP contribution is 2.34. The Hall–Kier alpha value is -1.23. The fourth-order valence-corrected chi connectivity index (χ4v) is 3.20. The van der Waals surface area contributed by atoms with Gasteiger partial charge in [0.25, 0.3) is 0 Å². The first-order valence-corrected chi connectivity index (χ1v) is 7.10. The van der Waals surface area contributed by atoms with Gasteiger partial charge in [-0.05, 0) is 29.5 Å². The van der Waals surface area contributed by atoms with Gasteiger partial charge in [-0.2, -0.15) is 0 Å². The van der Waals surface area contributed by atoms with E-state index in [4.69, 9.17) is 10.5 Å². The van der Waals surface area contributed by atoms with Crippen LogP contribution in [-0.4, -0.2) is 18.1 Å². The molecule has 3 rings (SSSR count). The van der Waals surface area contributed by atoms with Crippen LogP contribution in [0.3, 0.4) is 0 Å². The lowest BCUT2D eigenvalue weighted by molar-refractivity contribution is 0.0627. The molecule has 2 N–H and O–H groups in total. The van der Waals surface area contributed by atoms with E-state index in [-0.39, 0.29) is 6.10 Å². The van der Waals surface area contributed by atoms with Crippen molar-refractivity contribution >= 4 is 11.3 Å². The molecule has 1 aliphatic rings. The third-order valence-electron chi connectivity index (χ3n) is 3.36. The van der Waals surface area contributed by atoms with E-state index in [9.17, 15) is 0 Å². The lowest BCUT2D eigenvalue weighted by Gasteiger charge is -2.17. The fourth-order valence-electron chi connectivity index (χ4n) is 2.52. The van der Waals surface area contributed by atoms with E-state index in [0.717, 1.165) is 19.4 Å². The SMILES string of the molecule is NCC1OCCCc2c(-c3cncs3)cccc21. The molecule has 0 aliphatic carbocycles. The largest absolute Gasteiger partial charge is 0.372 e. The molecule has 1 aromatic carbocycles. The van der Waals surface area contributed by atoms with Crippen LogP contribution in [0, 0.1) is 0 Å². The zero-order chi connectivity index (χ0) is 12.4. The molecule has 2 aromatic rings. The molecule has 4 heteroatoms. The van der Waals surface area contributed by atoms with Crippen LogP contribution in [0.2, 0.25) is 0 Å². The van der Waals surface area contributed by atoms with Crippen molar-refractivity contribution in [2.75, 3.05) is 13.2 Å². The predicted molar refractivity (Wildman–Crippen MR) is 73.6 cm³/mol. The topological polar surface area (TPSA) is 48.1 Å². The summed E-state index contributed by atoms with van der Waals surface area (Å²) < 4.78 is 5.81. The minimum atomic E-state index is 0.0374. The summed E-state index contributed by atoms with van der Waals surface area (Å²) in [5.41, 5.74) is 11.6. The average Bonchev–Trinajstić information content (AvgIpc) is 2.85. The normalized spacial score (nSPS) is 19.3. The molecule has 3 nitrogen and oxygen atoms in total.